The van der Waals surface area contributed by atoms with Crippen LogP contribution in [0.15, 0.2) is 18.2 Å². The van der Waals surface area contributed by atoms with Crippen LogP contribution >= 0.6 is 0 Å². The Morgan fingerprint density at radius 2 is 2.04 bits per heavy atom. The minimum atomic E-state index is 0.0483. The first-order chi connectivity index (χ1) is 11.1. The van der Waals surface area contributed by atoms with Crippen LogP contribution in [0, 0.1) is 0 Å². The highest BCUT2D eigenvalue weighted by atomic mass is 16.2. The van der Waals surface area contributed by atoms with E-state index in [0.29, 0.717) is 0 Å². The highest BCUT2D eigenvalue weighted by Gasteiger charge is 2.27. The van der Waals surface area contributed by atoms with E-state index in [1.54, 1.807) is 19.0 Å². The topological polar surface area (TPSA) is 41.4 Å². The van der Waals surface area contributed by atoms with Gasteiger partial charge in [0.15, 0.2) is 0 Å². The van der Waals surface area contributed by atoms with E-state index < -0.39 is 0 Å². The van der Waals surface area contributed by atoms with E-state index in [4.69, 9.17) is 4.98 Å². The second-order valence-corrected chi connectivity index (χ2v) is 6.95. The molecule has 23 heavy (non-hydrogen) atoms. The van der Waals surface area contributed by atoms with Gasteiger partial charge in [0.05, 0.1) is 11.0 Å². The normalized spacial score (nSPS) is 19.2. The standard InChI is InChI=1S/C18H24N4O/c1-20(2)18(23)13-6-7-15-16(12-13)22-11-10-21(14-4-3-5-14)9-8-17(22)19-15/h6-7,12,14H,3-5,8-11H2,1-2H3. The molecule has 0 bridgehead atoms. The zero-order chi connectivity index (χ0) is 16.0. The lowest BCUT2D eigenvalue weighted by atomic mass is 9.91. The van der Waals surface area contributed by atoms with Gasteiger partial charge in [-0.3, -0.25) is 9.69 Å². The summed E-state index contributed by atoms with van der Waals surface area (Å²) in [6, 6.07) is 6.67. The molecule has 4 rings (SSSR count). The highest BCUT2D eigenvalue weighted by Crippen LogP contribution is 2.27. The Bertz CT molecular complexity index is 745. The highest BCUT2D eigenvalue weighted by molar-refractivity contribution is 5.97. The first kappa shape index (κ1) is 14.7. The monoisotopic (exact) mass is 312 g/mol. The third-order valence-corrected chi connectivity index (χ3v) is 5.30. The van der Waals surface area contributed by atoms with Crippen molar-refractivity contribution in [2.24, 2.45) is 0 Å². The van der Waals surface area contributed by atoms with E-state index in [0.717, 1.165) is 54.5 Å². The fourth-order valence-electron chi connectivity index (χ4n) is 3.71. The van der Waals surface area contributed by atoms with Crippen molar-refractivity contribution < 1.29 is 4.79 Å². The molecular formula is C18H24N4O. The molecule has 1 aromatic heterocycles. The molecule has 5 heteroatoms. The van der Waals surface area contributed by atoms with Crippen molar-refractivity contribution in [3.8, 4) is 0 Å². The molecule has 5 nitrogen and oxygen atoms in total. The number of carbonyl (C=O) groups is 1. The summed E-state index contributed by atoms with van der Waals surface area (Å²) in [6.07, 6.45) is 5.09. The average molecular weight is 312 g/mol. The van der Waals surface area contributed by atoms with Gasteiger partial charge in [-0.25, -0.2) is 4.98 Å². The molecule has 0 spiro atoms. The Morgan fingerprint density at radius 1 is 1.22 bits per heavy atom. The van der Waals surface area contributed by atoms with Crippen LogP contribution in [0.4, 0.5) is 0 Å². The van der Waals surface area contributed by atoms with E-state index in [1.165, 1.54) is 19.3 Å². The minimum Gasteiger partial charge on any atom is -0.345 e. The smallest absolute Gasteiger partial charge is 0.253 e. The van der Waals surface area contributed by atoms with Gasteiger partial charge in [-0.15, -0.1) is 0 Å². The number of nitrogens with zero attached hydrogens (tertiary/aromatic N) is 4. The molecule has 2 aromatic rings. The summed E-state index contributed by atoms with van der Waals surface area (Å²) >= 11 is 0. The number of benzene rings is 1. The van der Waals surface area contributed by atoms with Gasteiger partial charge in [-0.2, -0.15) is 0 Å². The third kappa shape index (κ3) is 2.53. The van der Waals surface area contributed by atoms with Gasteiger partial charge in [0.1, 0.15) is 5.82 Å². The predicted octanol–water partition coefficient (Wildman–Crippen LogP) is 2.15. The Labute approximate surface area is 136 Å². The van der Waals surface area contributed by atoms with Gasteiger partial charge >= 0.3 is 0 Å². The zero-order valence-corrected chi connectivity index (χ0v) is 14.0. The summed E-state index contributed by atoms with van der Waals surface area (Å²) in [6.45, 7) is 3.17. The molecule has 1 aliphatic carbocycles. The van der Waals surface area contributed by atoms with E-state index in [9.17, 15) is 4.79 Å². The largest absolute Gasteiger partial charge is 0.345 e. The molecule has 1 aliphatic heterocycles. The molecule has 0 radical (unpaired) electrons. The second kappa shape index (κ2) is 5.64. The maximum Gasteiger partial charge on any atom is 0.253 e. The summed E-state index contributed by atoms with van der Waals surface area (Å²) < 4.78 is 2.32. The molecule has 2 heterocycles. The third-order valence-electron chi connectivity index (χ3n) is 5.30. The molecule has 1 amide bonds. The van der Waals surface area contributed by atoms with Crippen molar-refractivity contribution in [3.63, 3.8) is 0 Å². The Hall–Kier alpha value is -1.88. The van der Waals surface area contributed by atoms with Crippen molar-refractivity contribution in [1.82, 2.24) is 19.4 Å². The lowest BCUT2D eigenvalue weighted by Crippen LogP contribution is -2.41. The lowest BCUT2D eigenvalue weighted by Gasteiger charge is -2.36. The van der Waals surface area contributed by atoms with Gasteiger partial charge in [-0.1, -0.05) is 6.42 Å². The average Bonchev–Trinajstić information content (AvgIpc) is 2.71. The van der Waals surface area contributed by atoms with Crippen molar-refractivity contribution in [1.29, 1.82) is 0 Å². The summed E-state index contributed by atoms with van der Waals surface area (Å²) in [5.74, 6) is 1.21. The summed E-state index contributed by atoms with van der Waals surface area (Å²) in [5, 5.41) is 0. The fourth-order valence-corrected chi connectivity index (χ4v) is 3.71. The van der Waals surface area contributed by atoms with E-state index in [2.05, 4.69) is 9.47 Å². The van der Waals surface area contributed by atoms with Gasteiger partial charge < -0.3 is 9.47 Å². The number of imidazole rings is 1. The molecule has 1 aromatic carbocycles. The number of carbonyl (C=O) groups excluding carboxylic acids is 1. The van der Waals surface area contributed by atoms with Crippen LogP contribution < -0.4 is 0 Å². The number of amides is 1. The van der Waals surface area contributed by atoms with Crippen molar-refractivity contribution in [2.75, 3.05) is 27.2 Å². The van der Waals surface area contributed by atoms with Gasteiger partial charge in [0.2, 0.25) is 0 Å². The molecule has 1 fully saturated rings. The maximum atomic E-state index is 12.2. The van der Waals surface area contributed by atoms with Crippen LogP contribution in [-0.4, -0.2) is 58.5 Å². The van der Waals surface area contributed by atoms with Crippen LogP contribution in [0.3, 0.4) is 0 Å². The zero-order valence-electron chi connectivity index (χ0n) is 14.0. The fraction of sp³-hybridized carbons (Fsp3) is 0.556. The van der Waals surface area contributed by atoms with Crippen LogP contribution in [0.1, 0.15) is 35.4 Å². The van der Waals surface area contributed by atoms with Crippen molar-refractivity contribution >= 4 is 16.9 Å². The summed E-state index contributed by atoms with van der Waals surface area (Å²) in [7, 11) is 3.58. The van der Waals surface area contributed by atoms with Crippen LogP contribution in [0.5, 0.6) is 0 Å². The SMILES string of the molecule is CN(C)C(=O)c1ccc2nc3n(c2c1)CCN(C1CCC1)CC3. The molecule has 0 atom stereocenters. The van der Waals surface area contributed by atoms with E-state index in [1.807, 2.05) is 18.2 Å². The summed E-state index contributed by atoms with van der Waals surface area (Å²) in [4.78, 5) is 21.3. The Balaban J connectivity index is 1.66. The van der Waals surface area contributed by atoms with Crippen molar-refractivity contribution in [3.05, 3.63) is 29.6 Å². The number of rotatable bonds is 2. The van der Waals surface area contributed by atoms with Crippen LogP contribution in [0.2, 0.25) is 0 Å². The molecule has 1 saturated carbocycles. The quantitative estimate of drug-likeness (QED) is 0.853. The predicted molar refractivity (Wildman–Crippen MR) is 90.7 cm³/mol. The number of fused-ring (bicyclic) bond motifs is 3. The minimum absolute atomic E-state index is 0.0483. The Morgan fingerprint density at radius 3 is 2.74 bits per heavy atom. The summed E-state index contributed by atoms with van der Waals surface area (Å²) in [5.41, 5.74) is 2.85. The van der Waals surface area contributed by atoms with Crippen molar-refractivity contribution in [2.45, 2.75) is 38.3 Å². The van der Waals surface area contributed by atoms with Crippen LogP contribution in [0.25, 0.3) is 11.0 Å². The first-order valence-electron chi connectivity index (χ1n) is 8.58. The van der Waals surface area contributed by atoms with E-state index in [-0.39, 0.29) is 5.91 Å². The molecular weight excluding hydrogens is 288 g/mol. The number of hydrogen-bond acceptors (Lipinski definition) is 3. The number of aromatic nitrogens is 2. The second-order valence-electron chi connectivity index (χ2n) is 6.95. The van der Waals surface area contributed by atoms with Gasteiger partial charge in [0, 0.05) is 51.8 Å². The lowest BCUT2D eigenvalue weighted by molar-refractivity contribution is 0.0827. The number of hydrogen-bond donors (Lipinski definition) is 0. The van der Waals surface area contributed by atoms with Gasteiger partial charge in [-0.05, 0) is 31.0 Å². The molecule has 0 unspecified atom stereocenters. The van der Waals surface area contributed by atoms with Gasteiger partial charge in [0.25, 0.3) is 5.91 Å². The first-order valence-corrected chi connectivity index (χ1v) is 8.58. The molecule has 122 valence electrons. The maximum absolute atomic E-state index is 12.2. The van der Waals surface area contributed by atoms with E-state index >= 15 is 0 Å². The molecule has 0 saturated heterocycles. The Kier molecular flexibility index (Phi) is 3.60. The van der Waals surface area contributed by atoms with Crippen LogP contribution in [-0.2, 0) is 13.0 Å². The molecule has 0 N–H and O–H groups in total. The molecule has 2 aliphatic rings.